The van der Waals surface area contributed by atoms with Crippen molar-refractivity contribution >= 4 is 9.84 Å². The topological polar surface area (TPSA) is 46.2 Å². The molecule has 0 bridgehead atoms. The molecule has 0 amide bonds. The van der Waals surface area contributed by atoms with Gasteiger partial charge in [0.15, 0.2) is 9.84 Å². The van der Waals surface area contributed by atoms with Crippen LogP contribution < -0.4 is 5.32 Å². The van der Waals surface area contributed by atoms with Gasteiger partial charge in [0.25, 0.3) is 0 Å². The Kier molecular flexibility index (Phi) is 5.28. The Labute approximate surface area is 108 Å². The molecule has 2 atom stereocenters. The molecule has 0 saturated carbocycles. The Bertz CT molecular complexity index is 470. The van der Waals surface area contributed by atoms with Crippen molar-refractivity contribution in [2.45, 2.75) is 32.9 Å². The van der Waals surface area contributed by atoms with Crippen molar-refractivity contribution in [2.24, 2.45) is 0 Å². The number of rotatable bonds is 6. The van der Waals surface area contributed by atoms with Gasteiger partial charge in [0.05, 0.1) is 5.75 Å². The molecule has 18 heavy (non-hydrogen) atoms. The minimum absolute atomic E-state index is 0.00680. The molecule has 1 aromatic rings. The molecular weight excluding hydrogens is 253 g/mol. The van der Waals surface area contributed by atoms with Gasteiger partial charge in [-0.1, -0.05) is 19.1 Å². The SMILES string of the molecule is CCS(=O)(=O)CC(C)N[C@@H](C)c1ccc(F)cc1. The molecule has 0 aliphatic rings. The lowest BCUT2D eigenvalue weighted by molar-refractivity contribution is 0.499. The van der Waals surface area contributed by atoms with Crippen molar-refractivity contribution in [1.29, 1.82) is 0 Å². The molecule has 0 spiro atoms. The normalized spacial score (nSPS) is 15.3. The van der Waals surface area contributed by atoms with Crippen LogP contribution in [0.4, 0.5) is 4.39 Å². The minimum atomic E-state index is -2.98. The Morgan fingerprint density at radius 1 is 1.22 bits per heavy atom. The van der Waals surface area contributed by atoms with Gasteiger partial charge in [0.1, 0.15) is 5.82 Å². The monoisotopic (exact) mass is 273 g/mol. The van der Waals surface area contributed by atoms with E-state index in [1.54, 1.807) is 19.1 Å². The summed E-state index contributed by atoms with van der Waals surface area (Å²) >= 11 is 0. The van der Waals surface area contributed by atoms with Crippen LogP contribution in [0.3, 0.4) is 0 Å². The van der Waals surface area contributed by atoms with Crippen molar-refractivity contribution in [3.05, 3.63) is 35.6 Å². The zero-order valence-corrected chi connectivity index (χ0v) is 11.8. The molecule has 1 unspecified atom stereocenters. The van der Waals surface area contributed by atoms with Gasteiger partial charge in [-0.25, -0.2) is 12.8 Å². The summed E-state index contributed by atoms with van der Waals surface area (Å²) in [4.78, 5) is 0. The van der Waals surface area contributed by atoms with E-state index in [0.717, 1.165) is 5.56 Å². The number of hydrogen-bond donors (Lipinski definition) is 1. The molecule has 0 heterocycles. The van der Waals surface area contributed by atoms with Crippen LogP contribution >= 0.6 is 0 Å². The Hall–Kier alpha value is -0.940. The average Bonchev–Trinajstić information content (AvgIpc) is 2.29. The van der Waals surface area contributed by atoms with Gasteiger partial charge in [-0.05, 0) is 31.5 Å². The van der Waals surface area contributed by atoms with Gasteiger partial charge in [-0.2, -0.15) is 0 Å². The first-order valence-corrected chi connectivity index (χ1v) is 7.88. The van der Waals surface area contributed by atoms with Crippen molar-refractivity contribution < 1.29 is 12.8 Å². The van der Waals surface area contributed by atoms with E-state index < -0.39 is 9.84 Å². The van der Waals surface area contributed by atoms with E-state index in [9.17, 15) is 12.8 Å². The molecule has 0 saturated heterocycles. The minimum Gasteiger partial charge on any atom is -0.307 e. The van der Waals surface area contributed by atoms with Gasteiger partial charge in [0.2, 0.25) is 0 Å². The van der Waals surface area contributed by atoms with Crippen LogP contribution in [0, 0.1) is 5.82 Å². The maximum Gasteiger partial charge on any atom is 0.151 e. The summed E-state index contributed by atoms with van der Waals surface area (Å²) in [5.41, 5.74) is 0.942. The summed E-state index contributed by atoms with van der Waals surface area (Å²) in [7, 11) is -2.98. The van der Waals surface area contributed by atoms with Crippen molar-refractivity contribution in [1.82, 2.24) is 5.32 Å². The summed E-state index contributed by atoms with van der Waals surface area (Å²) in [5, 5.41) is 3.20. The molecule has 0 radical (unpaired) electrons. The zero-order valence-electron chi connectivity index (χ0n) is 11.0. The molecule has 1 rings (SSSR count). The smallest absolute Gasteiger partial charge is 0.151 e. The van der Waals surface area contributed by atoms with E-state index in [4.69, 9.17) is 0 Å². The molecular formula is C13H20FNO2S. The van der Waals surface area contributed by atoms with Crippen molar-refractivity contribution in [3.8, 4) is 0 Å². The first kappa shape index (κ1) is 15.1. The fraction of sp³-hybridized carbons (Fsp3) is 0.538. The van der Waals surface area contributed by atoms with E-state index in [1.165, 1.54) is 12.1 Å². The van der Waals surface area contributed by atoms with E-state index in [2.05, 4.69) is 5.32 Å². The highest BCUT2D eigenvalue weighted by molar-refractivity contribution is 7.91. The Balaban J connectivity index is 2.59. The van der Waals surface area contributed by atoms with Gasteiger partial charge >= 0.3 is 0 Å². The summed E-state index contributed by atoms with van der Waals surface area (Å²) in [5.74, 6) is 0.00599. The highest BCUT2D eigenvalue weighted by Crippen LogP contribution is 2.13. The average molecular weight is 273 g/mol. The first-order chi connectivity index (χ1) is 8.34. The van der Waals surface area contributed by atoms with Crippen molar-refractivity contribution in [3.63, 3.8) is 0 Å². The lowest BCUT2D eigenvalue weighted by atomic mass is 10.1. The van der Waals surface area contributed by atoms with Crippen LogP contribution in [-0.2, 0) is 9.84 Å². The number of halogens is 1. The standard InChI is InChI=1S/C13H20FNO2S/c1-4-18(16,17)9-10(2)15-11(3)12-5-7-13(14)8-6-12/h5-8,10-11,15H,4,9H2,1-3H3/t10?,11-/m0/s1. The molecule has 5 heteroatoms. The highest BCUT2D eigenvalue weighted by Gasteiger charge is 2.16. The van der Waals surface area contributed by atoms with Crippen LogP contribution in [0.15, 0.2) is 24.3 Å². The summed E-state index contributed by atoms with van der Waals surface area (Å²) in [6, 6.07) is 6.08. The molecule has 102 valence electrons. The van der Waals surface area contributed by atoms with Crippen molar-refractivity contribution in [2.75, 3.05) is 11.5 Å². The second kappa shape index (κ2) is 6.29. The van der Waals surface area contributed by atoms with E-state index in [-0.39, 0.29) is 29.4 Å². The molecule has 0 fully saturated rings. The maximum atomic E-state index is 12.8. The second-order valence-corrected chi connectivity index (χ2v) is 6.94. The lowest BCUT2D eigenvalue weighted by Crippen LogP contribution is -2.35. The molecule has 1 N–H and O–H groups in total. The highest BCUT2D eigenvalue weighted by atomic mass is 32.2. The summed E-state index contributed by atoms with van der Waals surface area (Å²) in [6.45, 7) is 5.42. The predicted octanol–water partition coefficient (Wildman–Crippen LogP) is 2.30. The summed E-state index contributed by atoms with van der Waals surface area (Å²) < 4.78 is 35.7. The van der Waals surface area contributed by atoms with Crippen LogP contribution in [0.1, 0.15) is 32.4 Å². The molecule has 0 aliphatic carbocycles. The number of hydrogen-bond acceptors (Lipinski definition) is 3. The fourth-order valence-electron chi connectivity index (χ4n) is 1.82. The van der Waals surface area contributed by atoms with Crippen LogP contribution in [0.5, 0.6) is 0 Å². The van der Waals surface area contributed by atoms with Gasteiger partial charge in [0, 0.05) is 17.8 Å². The van der Waals surface area contributed by atoms with Crippen LogP contribution in [-0.4, -0.2) is 26.0 Å². The quantitative estimate of drug-likeness (QED) is 0.865. The summed E-state index contributed by atoms with van der Waals surface area (Å²) in [6.07, 6.45) is 0. The number of sulfone groups is 1. The van der Waals surface area contributed by atoms with Crippen LogP contribution in [0.2, 0.25) is 0 Å². The molecule has 1 aromatic carbocycles. The Morgan fingerprint density at radius 2 is 1.78 bits per heavy atom. The van der Waals surface area contributed by atoms with E-state index in [1.807, 2.05) is 13.8 Å². The van der Waals surface area contributed by atoms with Gasteiger partial charge in [-0.15, -0.1) is 0 Å². The Morgan fingerprint density at radius 3 is 2.28 bits per heavy atom. The fourth-order valence-corrected chi connectivity index (χ4v) is 2.92. The first-order valence-electron chi connectivity index (χ1n) is 6.06. The maximum absolute atomic E-state index is 12.8. The van der Waals surface area contributed by atoms with E-state index in [0.29, 0.717) is 0 Å². The number of nitrogens with one attached hydrogen (secondary N) is 1. The molecule has 3 nitrogen and oxygen atoms in total. The van der Waals surface area contributed by atoms with Gasteiger partial charge < -0.3 is 5.32 Å². The molecule has 0 aliphatic heterocycles. The van der Waals surface area contributed by atoms with Gasteiger partial charge in [-0.3, -0.25) is 0 Å². The number of benzene rings is 1. The van der Waals surface area contributed by atoms with E-state index >= 15 is 0 Å². The van der Waals surface area contributed by atoms with Crippen LogP contribution in [0.25, 0.3) is 0 Å². The zero-order chi connectivity index (χ0) is 13.8. The predicted molar refractivity (Wildman–Crippen MR) is 71.7 cm³/mol. The third-order valence-electron chi connectivity index (χ3n) is 2.85. The third kappa shape index (κ3) is 4.74. The third-order valence-corrected chi connectivity index (χ3v) is 4.74. The second-order valence-electron chi connectivity index (χ2n) is 4.54. The largest absolute Gasteiger partial charge is 0.307 e. The lowest BCUT2D eigenvalue weighted by Gasteiger charge is -2.20. The molecule has 0 aromatic heterocycles.